The molecule has 0 spiro atoms. The van der Waals surface area contributed by atoms with E-state index < -0.39 is 6.10 Å². The molecule has 0 aliphatic carbocycles. The molecule has 0 saturated heterocycles. The summed E-state index contributed by atoms with van der Waals surface area (Å²) >= 11 is 1.82. The quantitative estimate of drug-likeness (QED) is 0.733. The fraction of sp³-hybridized carbons (Fsp3) is 0.350. The number of carbonyl (C=O) groups is 1. The summed E-state index contributed by atoms with van der Waals surface area (Å²) in [6.07, 6.45) is -0.492. The molecule has 0 radical (unpaired) electrons. The molecule has 0 aliphatic heterocycles. The third-order valence-electron chi connectivity index (χ3n) is 3.70. The average Bonchev–Trinajstić information content (AvgIpc) is 2.58. The molecule has 0 bridgehead atoms. The van der Waals surface area contributed by atoms with Gasteiger partial charge in [-0.3, -0.25) is 4.79 Å². The van der Waals surface area contributed by atoms with Crippen LogP contribution in [0.15, 0.2) is 48.5 Å². The van der Waals surface area contributed by atoms with E-state index in [-0.39, 0.29) is 5.91 Å². The average molecular weight is 343 g/mol. The molecule has 24 heavy (non-hydrogen) atoms. The van der Waals surface area contributed by atoms with Crippen LogP contribution in [0.2, 0.25) is 0 Å². The molecule has 2 rings (SSSR count). The molecule has 1 N–H and O–H groups in total. The van der Waals surface area contributed by atoms with Gasteiger partial charge in [-0.25, -0.2) is 0 Å². The number of para-hydroxylation sites is 1. The Morgan fingerprint density at radius 2 is 1.83 bits per heavy atom. The molecule has 0 heterocycles. The molecule has 3 nitrogen and oxygen atoms in total. The molecular formula is C20H25NO2S. The Balaban J connectivity index is 1.65. The van der Waals surface area contributed by atoms with Crippen LogP contribution in [-0.2, 0) is 10.5 Å². The van der Waals surface area contributed by atoms with Crippen LogP contribution in [0, 0.1) is 13.8 Å². The highest BCUT2D eigenvalue weighted by molar-refractivity contribution is 7.98. The lowest BCUT2D eigenvalue weighted by Gasteiger charge is -2.16. The van der Waals surface area contributed by atoms with E-state index in [1.54, 1.807) is 6.92 Å². The molecule has 4 heteroatoms. The number of ether oxygens (including phenoxy) is 1. The summed E-state index contributed by atoms with van der Waals surface area (Å²) in [7, 11) is 0. The summed E-state index contributed by atoms with van der Waals surface area (Å²) in [6, 6.07) is 16.3. The maximum absolute atomic E-state index is 12.1. The number of carbonyl (C=O) groups excluding carboxylic acids is 1. The molecule has 1 atom stereocenters. The number of nitrogens with one attached hydrogen (secondary N) is 1. The topological polar surface area (TPSA) is 38.3 Å². The van der Waals surface area contributed by atoms with E-state index in [4.69, 9.17) is 4.74 Å². The predicted molar refractivity (Wildman–Crippen MR) is 102 cm³/mol. The first-order valence-corrected chi connectivity index (χ1v) is 9.35. The molecule has 1 unspecified atom stereocenters. The van der Waals surface area contributed by atoms with Crippen LogP contribution in [-0.4, -0.2) is 24.3 Å². The monoisotopic (exact) mass is 343 g/mol. The van der Waals surface area contributed by atoms with Crippen molar-refractivity contribution >= 4 is 17.7 Å². The third-order valence-corrected chi connectivity index (χ3v) is 4.73. The maximum atomic E-state index is 12.1. The van der Waals surface area contributed by atoms with Crippen molar-refractivity contribution in [2.75, 3.05) is 12.3 Å². The van der Waals surface area contributed by atoms with E-state index in [0.29, 0.717) is 6.54 Å². The number of hydrogen-bond acceptors (Lipinski definition) is 3. The van der Waals surface area contributed by atoms with Crippen LogP contribution < -0.4 is 10.1 Å². The molecule has 0 aromatic heterocycles. The lowest BCUT2D eigenvalue weighted by molar-refractivity contribution is -0.127. The highest BCUT2D eigenvalue weighted by Crippen LogP contribution is 2.17. The first kappa shape index (κ1) is 18.4. The molecule has 2 aromatic carbocycles. The second-order valence-electron chi connectivity index (χ2n) is 5.85. The highest BCUT2D eigenvalue weighted by atomic mass is 32.2. The van der Waals surface area contributed by atoms with Crippen LogP contribution >= 0.6 is 11.8 Å². The van der Waals surface area contributed by atoms with Crippen molar-refractivity contribution in [3.63, 3.8) is 0 Å². The number of thioether (sulfide) groups is 1. The first-order valence-electron chi connectivity index (χ1n) is 8.19. The van der Waals surface area contributed by atoms with Crippen LogP contribution in [0.1, 0.15) is 23.6 Å². The Labute approximate surface area is 148 Å². The molecule has 1 amide bonds. The van der Waals surface area contributed by atoms with Crippen LogP contribution in [0.25, 0.3) is 0 Å². The summed E-state index contributed by atoms with van der Waals surface area (Å²) in [5, 5.41) is 2.93. The van der Waals surface area contributed by atoms with Crippen LogP contribution in [0.5, 0.6) is 5.75 Å². The van der Waals surface area contributed by atoms with E-state index in [2.05, 4.69) is 36.5 Å². The fourth-order valence-electron chi connectivity index (χ4n) is 2.20. The van der Waals surface area contributed by atoms with Gasteiger partial charge in [0.15, 0.2) is 6.10 Å². The van der Waals surface area contributed by atoms with Gasteiger partial charge in [-0.15, -0.1) is 0 Å². The van der Waals surface area contributed by atoms with Gasteiger partial charge in [0, 0.05) is 18.1 Å². The lowest BCUT2D eigenvalue weighted by atomic mass is 10.2. The second-order valence-corrected chi connectivity index (χ2v) is 6.96. The van der Waals surface area contributed by atoms with Gasteiger partial charge in [0.25, 0.3) is 5.91 Å². The van der Waals surface area contributed by atoms with Gasteiger partial charge in [0.2, 0.25) is 0 Å². The van der Waals surface area contributed by atoms with Gasteiger partial charge in [-0.2, -0.15) is 11.8 Å². The van der Waals surface area contributed by atoms with Gasteiger partial charge in [0.1, 0.15) is 5.75 Å². The summed E-state index contributed by atoms with van der Waals surface area (Å²) in [5.74, 6) is 2.53. The largest absolute Gasteiger partial charge is 0.481 e. The number of amides is 1. The Bertz CT molecular complexity index is 655. The molecular weight excluding hydrogens is 318 g/mol. The smallest absolute Gasteiger partial charge is 0.260 e. The van der Waals surface area contributed by atoms with Crippen molar-refractivity contribution in [1.29, 1.82) is 0 Å². The fourth-order valence-corrected chi connectivity index (χ4v) is 3.02. The minimum Gasteiger partial charge on any atom is -0.481 e. The molecule has 128 valence electrons. The molecule has 2 aromatic rings. The van der Waals surface area contributed by atoms with Crippen molar-refractivity contribution in [2.45, 2.75) is 32.6 Å². The van der Waals surface area contributed by atoms with Gasteiger partial charge in [0.05, 0.1) is 0 Å². The Kier molecular flexibility index (Phi) is 7.19. The number of hydrogen-bond donors (Lipinski definition) is 1. The van der Waals surface area contributed by atoms with Crippen molar-refractivity contribution in [3.8, 4) is 5.75 Å². The van der Waals surface area contributed by atoms with Crippen molar-refractivity contribution in [3.05, 3.63) is 65.2 Å². The van der Waals surface area contributed by atoms with E-state index in [1.165, 1.54) is 11.1 Å². The molecule has 0 aliphatic rings. The zero-order chi connectivity index (χ0) is 17.4. The minimum atomic E-state index is -0.492. The standard InChI is InChI=1S/C20H25NO2S/c1-15-8-10-18(11-9-15)14-24-13-12-21-20(22)17(3)23-19-7-5-4-6-16(19)2/h4-11,17H,12-14H2,1-3H3,(H,21,22). The maximum Gasteiger partial charge on any atom is 0.260 e. The Morgan fingerprint density at radius 3 is 2.54 bits per heavy atom. The van der Waals surface area contributed by atoms with E-state index in [1.807, 2.05) is 43.0 Å². The van der Waals surface area contributed by atoms with E-state index in [9.17, 15) is 4.79 Å². The van der Waals surface area contributed by atoms with Crippen LogP contribution in [0.3, 0.4) is 0 Å². The Morgan fingerprint density at radius 1 is 1.12 bits per heavy atom. The van der Waals surface area contributed by atoms with E-state index in [0.717, 1.165) is 22.8 Å². The van der Waals surface area contributed by atoms with Gasteiger partial charge < -0.3 is 10.1 Å². The zero-order valence-electron chi connectivity index (χ0n) is 14.5. The zero-order valence-corrected chi connectivity index (χ0v) is 15.4. The first-order chi connectivity index (χ1) is 11.6. The Hall–Kier alpha value is -1.94. The van der Waals surface area contributed by atoms with Gasteiger partial charge >= 0.3 is 0 Å². The lowest BCUT2D eigenvalue weighted by Crippen LogP contribution is -2.37. The van der Waals surface area contributed by atoms with E-state index >= 15 is 0 Å². The summed E-state index contributed by atoms with van der Waals surface area (Å²) in [5.41, 5.74) is 3.62. The number of rotatable bonds is 8. The SMILES string of the molecule is Cc1ccc(CSCCNC(=O)C(C)Oc2ccccc2C)cc1. The summed E-state index contributed by atoms with van der Waals surface area (Å²) in [6.45, 7) is 6.49. The number of benzene rings is 2. The minimum absolute atomic E-state index is 0.0748. The normalized spacial score (nSPS) is 11.8. The molecule has 0 fully saturated rings. The third kappa shape index (κ3) is 5.93. The van der Waals surface area contributed by atoms with Crippen molar-refractivity contribution in [1.82, 2.24) is 5.32 Å². The summed E-state index contributed by atoms with van der Waals surface area (Å²) in [4.78, 5) is 12.1. The molecule has 0 saturated carbocycles. The van der Waals surface area contributed by atoms with Crippen LogP contribution in [0.4, 0.5) is 0 Å². The van der Waals surface area contributed by atoms with Crippen molar-refractivity contribution < 1.29 is 9.53 Å². The van der Waals surface area contributed by atoms with Gasteiger partial charge in [-0.1, -0.05) is 48.0 Å². The second kappa shape index (κ2) is 9.38. The number of aryl methyl sites for hydroxylation is 2. The predicted octanol–water partition coefficient (Wildman–Crippen LogP) is 4.12. The summed E-state index contributed by atoms with van der Waals surface area (Å²) < 4.78 is 5.73. The highest BCUT2D eigenvalue weighted by Gasteiger charge is 2.14. The van der Waals surface area contributed by atoms with Crippen molar-refractivity contribution in [2.24, 2.45) is 0 Å². The van der Waals surface area contributed by atoms with Gasteiger partial charge in [-0.05, 0) is 38.0 Å².